The summed E-state index contributed by atoms with van der Waals surface area (Å²) in [4.78, 5) is 11.5. The summed E-state index contributed by atoms with van der Waals surface area (Å²) in [5.74, 6) is -0.596. The van der Waals surface area contributed by atoms with Crippen LogP contribution in [0, 0.1) is 11.8 Å². The van der Waals surface area contributed by atoms with Gasteiger partial charge in [-0.1, -0.05) is 56.5 Å². The van der Waals surface area contributed by atoms with E-state index in [4.69, 9.17) is 4.74 Å². The average molecular weight is 475 g/mol. The van der Waals surface area contributed by atoms with Crippen molar-refractivity contribution in [1.82, 2.24) is 4.31 Å². The molecule has 1 fully saturated rings. The lowest BCUT2D eigenvalue weighted by atomic mass is 9.90. The normalized spacial score (nSPS) is 15.9. The molecule has 3 rings (SSSR count). The number of hydrogen-bond donors (Lipinski definition) is 2. The van der Waals surface area contributed by atoms with Crippen molar-refractivity contribution in [1.29, 1.82) is 0 Å². The van der Waals surface area contributed by atoms with Crippen LogP contribution in [-0.2, 0) is 21.4 Å². The lowest BCUT2D eigenvalue weighted by Gasteiger charge is -2.25. The minimum Gasteiger partial charge on any atom is -0.490 e. The molecule has 33 heavy (non-hydrogen) atoms. The summed E-state index contributed by atoms with van der Waals surface area (Å²) >= 11 is 0. The fourth-order valence-electron chi connectivity index (χ4n) is 4.10. The molecule has 0 bridgehead atoms. The summed E-state index contributed by atoms with van der Waals surface area (Å²) in [6, 6.07) is 13.2. The number of benzene rings is 2. The molecule has 0 amide bonds. The standard InChI is InChI=1S/C25H34N2O5S/c1-18(25(28)29)14-20-15-22(21-12-8-5-9-13-21)24(32-17-19-10-6-4-7-11-19)23(16-20)26-33(30,31)27(2)3/h5,8-9,12-13,15-16,18-19,26H,4,6-7,10-11,14,17H2,1-3H3,(H,28,29). The van der Waals surface area contributed by atoms with Crippen LogP contribution in [0.2, 0.25) is 0 Å². The molecule has 0 aromatic heterocycles. The van der Waals surface area contributed by atoms with E-state index in [1.165, 1.54) is 33.4 Å². The second kappa shape index (κ2) is 11.0. The highest BCUT2D eigenvalue weighted by Gasteiger charge is 2.23. The van der Waals surface area contributed by atoms with E-state index in [2.05, 4.69) is 4.72 Å². The fourth-order valence-corrected chi connectivity index (χ4v) is 4.71. The molecular weight excluding hydrogens is 440 g/mol. The highest BCUT2D eigenvalue weighted by atomic mass is 32.2. The van der Waals surface area contributed by atoms with E-state index in [0.717, 1.165) is 33.8 Å². The second-order valence-electron chi connectivity index (χ2n) is 9.03. The van der Waals surface area contributed by atoms with Gasteiger partial charge in [-0.2, -0.15) is 12.7 Å². The van der Waals surface area contributed by atoms with Crippen LogP contribution in [0.15, 0.2) is 42.5 Å². The van der Waals surface area contributed by atoms with Gasteiger partial charge in [0, 0.05) is 19.7 Å². The molecule has 1 aliphatic carbocycles. The van der Waals surface area contributed by atoms with E-state index in [9.17, 15) is 18.3 Å². The van der Waals surface area contributed by atoms with Crippen LogP contribution in [-0.4, -0.2) is 44.5 Å². The van der Waals surface area contributed by atoms with Gasteiger partial charge in [-0.25, -0.2) is 0 Å². The molecule has 1 aliphatic rings. The van der Waals surface area contributed by atoms with Crippen LogP contribution in [0.1, 0.15) is 44.6 Å². The molecule has 2 aromatic carbocycles. The molecule has 0 saturated heterocycles. The molecule has 0 aliphatic heterocycles. The van der Waals surface area contributed by atoms with Crippen molar-refractivity contribution >= 4 is 21.9 Å². The molecule has 1 saturated carbocycles. The molecule has 2 aromatic rings. The third-order valence-corrected chi connectivity index (χ3v) is 7.54. The van der Waals surface area contributed by atoms with Crippen molar-refractivity contribution in [3.05, 3.63) is 48.0 Å². The van der Waals surface area contributed by atoms with Crippen LogP contribution in [0.5, 0.6) is 5.75 Å². The third-order valence-electron chi connectivity index (χ3n) is 6.10. The van der Waals surface area contributed by atoms with E-state index in [1.54, 1.807) is 13.0 Å². The number of rotatable bonds is 10. The quantitative estimate of drug-likeness (QED) is 0.516. The number of nitrogens with zero attached hydrogens (tertiary/aromatic N) is 1. The highest BCUT2D eigenvalue weighted by Crippen LogP contribution is 2.40. The van der Waals surface area contributed by atoms with E-state index >= 15 is 0 Å². The Morgan fingerprint density at radius 2 is 1.82 bits per heavy atom. The number of anilines is 1. The summed E-state index contributed by atoms with van der Waals surface area (Å²) in [6.07, 6.45) is 6.10. The molecule has 0 spiro atoms. The maximum atomic E-state index is 12.7. The number of hydrogen-bond acceptors (Lipinski definition) is 4. The number of carbonyl (C=O) groups is 1. The first-order valence-electron chi connectivity index (χ1n) is 11.5. The van der Waals surface area contributed by atoms with Crippen molar-refractivity contribution in [3.8, 4) is 16.9 Å². The van der Waals surface area contributed by atoms with Gasteiger partial charge in [0.2, 0.25) is 0 Å². The number of ether oxygens (including phenoxy) is 1. The summed E-state index contributed by atoms with van der Waals surface area (Å²) in [5.41, 5.74) is 2.68. The molecule has 7 nitrogen and oxygen atoms in total. The van der Waals surface area contributed by atoms with Crippen molar-refractivity contribution in [3.63, 3.8) is 0 Å². The van der Waals surface area contributed by atoms with Gasteiger partial charge in [0.25, 0.3) is 0 Å². The van der Waals surface area contributed by atoms with Gasteiger partial charge in [0.05, 0.1) is 18.2 Å². The highest BCUT2D eigenvalue weighted by molar-refractivity contribution is 7.90. The Hall–Kier alpha value is -2.58. The number of carboxylic acids is 1. The Bertz CT molecular complexity index is 1050. The van der Waals surface area contributed by atoms with Crippen molar-refractivity contribution in [2.24, 2.45) is 11.8 Å². The van der Waals surface area contributed by atoms with Crippen molar-refractivity contribution < 1.29 is 23.1 Å². The lowest BCUT2D eigenvalue weighted by Crippen LogP contribution is -2.29. The second-order valence-corrected chi connectivity index (χ2v) is 10.9. The van der Waals surface area contributed by atoms with E-state index in [-0.39, 0.29) is 6.42 Å². The van der Waals surface area contributed by atoms with Crippen LogP contribution in [0.3, 0.4) is 0 Å². The molecular formula is C25H34N2O5S. The zero-order valence-corrected chi connectivity index (χ0v) is 20.4. The maximum Gasteiger partial charge on any atom is 0.306 e. The largest absolute Gasteiger partial charge is 0.490 e. The van der Waals surface area contributed by atoms with Crippen LogP contribution < -0.4 is 9.46 Å². The lowest BCUT2D eigenvalue weighted by molar-refractivity contribution is -0.141. The van der Waals surface area contributed by atoms with E-state index in [0.29, 0.717) is 24.0 Å². The minimum atomic E-state index is -3.79. The van der Waals surface area contributed by atoms with E-state index in [1.807, 2.05) is 36.4 Å². The predicted octanol–water partition coefficient (Wildman–Crippen LogP) is 4.79. The monoisotopic (exact) mass is 474 g/mol. The van der Waals surface area contributed by atoms with Crippen LogP contribution in [0.25, 0.3) is 11.1 Å². The van der Waals surface area contributed by atoms with Gasteiger partial charge in [-0.05, 0) is 48.4 Å². The van der Waals surface area contributed by atoms with Gasteiger partial charge < -0.3 is 9.84 Å². The van der Waals surface area contributed by atoms with Gasteiger partial charge in [0.1, 0.15) is 0 Å². The number of carboxylic acid groups (broad SMARTS) is 1. The van der Waals surface area contributed by atoms with Crippen LogP contribution >= 0.6 is 0 Å². The Balaban J connectivity index is 2.09. The Morgan fingerprint density at radius 3 is 2.42 bits per heavy atom. The first-order valence-corrected chi connectivity index (χ1v) is 12.9. The fraction of sp³-hybridized carbons (Fsp3) is 0.480. The molecule has 2 N–H and O–H groups in total. The molecule has 0 heterocycles. The number of nitrogens with one attached hydrogen (secondary N) is 1. The number of aliphatic carboxylic acids is 1. The summed E-state index contributed by atoms with van der Waals surface area (Å²) in [7, 11) is -0.875. The van der Waals surface area contributed by atoms with Gasteiger partial charge >= 0.3 is 16.2 Å². The Labute approximate surface area is 197 Å². The first kappa shape index (κ1) is 25.1. The van der Waals surface area contributed by atoms with Gasteiger partial charge in [0.15, 0.2) is 5.75 Å². The Morgan fingerprint density at radius 1 is 1.15 bits per heavy atom. The third kappa shape index (κ3) is 6.71. The predicted molar refractivity (Wildman–Crippen MR) is 131 cm³/mol. The minimum absolute atomic E-state index is 0.273. The molecule has 180 valence electrons. The first-order chi connectivity index (χ1) is 15.7. The zero-order chi connectivity index (χ0) is 24.0. The van der Waals surface area contributed by atoms with Gasteiger partial charge in [-0.3, -0.25) is 9.52 Å². The van der Waals surface area contributed by atoms with Crippen molar-refractivity contribution in [2.45, 2.75) is 45.4 Å². The molecule has 1 atom stereocenters. The topological polar surface area (TPSA) is 95.9 Å². The van der Waals surface area contributed by atoms with E-state index < -0.39 is 22.1 Å². The van der Waals surface area contributed by atoms with Crippen LogP contribution in [0.4, 0.5) is 5.69 Å². The van der Waals surface area contributed by atoms with Crippen molar-refractivity contribution in [2.75, 3.05) is 25.4 Å². The van der Waals surface area contributed by atoms with Gasteiger partial charge in [-0.15, -0.1) is 0 Å². The molecule has 8 heteroatoms. The summed E-state index contributed by atoms with van der Waals surface area (Å²) in [6.45, 7) is 2.16. The zero-order valence-electron chi connectivity index (χ0n) is 19.6. The summed E-state index contributed by atoms with van der Waals surface area (Å²) in [5, 5.41) is 9.40. The summed E-state index contributed by atoms with van der Waals surface area (Å²) < 4.78 is 35.5. The maximum absolute atomic E-state index is 12.7. The molecule has 1 unspecified atom stereocenters. The molecule has 0 radical (unpaired) electrons. The average Bonchev–Trinajstić information content (AvgIpc) is 2.79. The SMILES string of the molecule is CC(Cc1cc(NS(=O)(=O)N(C)C)c(OCC2CCCCC2)c(-c2ccccc2)c1)C(=O)O. The Kier molecular flexibility index (Phi) is 8.37. The smallest absolute Gasteiger partial charge is 0.306 e.